The Kier molecular flexibility index (Phi) is 5.05. The van der Waals surface area contributed by atoms with Gasteiger partial charge >= 0.3 is 0 Å². The van der Waals surface area contributed by atoms with Crippen LogP contribution < -0.4 is 11.1 Å². The van der Waals surface area contributed by atoms with Crippen molar-refractivity contribution in [2.75, 3.05) is 20.1 Å². The number of amides is 1. The largest absolute Gasteiger partial charge is 0.345 e. The van der Waals surface area contributed by atoms with Crippen molar-refractivity contribution in [3.63, 3.8) is 0 Å². The van der Waals surface area contributed by atoms with Crippen LogP contribution >= 0.6 is 0 Å². The molecule has 0 unspecified atom stereocenters. The Morgan fingerprint density at radius 1 is 1.40 bits per heavy atom. The third kappa shape index (κ3) is 4.18. The fraction of sp³-hybridized carbons (Fsp3) is 0.909. The predicted molar refractivity (Wildman–Crippen MR) is 61.5 cm³/mol. The first-order chi connectivity index (χ1) is 7.13. The first kappa shape index (κ1) is 12.5. The Bertz CT molecular complexity index is 200. The van der Waals surface area contributed by atoms with Crippen molar-refractivity contribution in [2.24, 2.45) is 5.73 Å². The molecule has 3 N–H and O–H groups in total. The molecule has 0 heterocycles. The zero-order valence-corrected chi connectivity index (χ0v) is 9.83. The number of nitrogens with one attached hydrogen (secondary N) is 1. The van der Waals surface area contributed by atoms with Crippen LogP contribution in [0.4, 0.5) is 0 Å². The molecule has 88 valence electrons. The first-order valence-electron chi connectivity index (χ1n) is 5.86. The fourth-order valence-electron chi connectivity index (χ4n) is 1.87. The van der Waals surface area contributed by atoms with Gasteiger partial charge < -0.3 is 16.0 Å². The summed E-state index contributed by atoms with van der Waals surface area (Å²) in [6.45, 7) is 3.22. The van der Waals surface area contributed by atoms with Crippen LogP contribution in [0, 0.1) is 0 Å². The van der Waals surface area contributed by atoms with Gasteiger partial charge in [0.05, 0.1) is 6.54 Å². The Balaban J connectivity index is 2.17. The van der Waals surface area contributed by atoms with Crippen LogP contribution in [0.1, 0.15) is 32.6 Å². The number of hydrogen-bond donors (Lipinski definition) is 2. The first-order valence-corrected chi connectivity index (χ1v) is 5.86. The number of rotatable bonds is 4. The summed E-state index contributed by atoms with van der Waals surface area (Å²) in [6, 6.07) is 0.857. The third-order valence-corrected chi connectivity index (χ3v) is 3.21. The van der Waals surface area contributed by atoms with Gasteiger partial charge in [-0.25, -0.2) is 0 Å². The molecule has 0 radical (unpaired) electrons. The van der Waals surface area contributed by atoms with Crippen LogP contribution in [0.25, 0.3) is 0 Å². The predicted octanol–water partition coefficient (Wildman–Crippen LogP) is 0.324. The third-order valence-electron chi connectivity index (χ3n) is 3.21. The van der Waals surface area contributed by atoms with Crippen molar-refractivity contribution in [1.82, 2.24) is 10.2 Å². The molecule has 4 nitrogen and oxygen atoms in total. The van der Waals surface area contributed by atoms with Crippen LogP contribution in [0.3, 0.4) is 0 Å². The van der Waals surface area contributed by atoms with E-state index in [1.54, 1.807) is 4.90 Å². The van der Waals surface area contributed by atoms with Crippen molar-refractivity contribution < 1.29 is 4.79 Å². The molecule has 0 aromatic heterocycles. The molecule has 0 atom stereocenters. The quantitative estimate of drug-likeness (QED) is 0.707. The van der Waals surface area contributed by atoms with Gasteiger partial charge in [0, 0.05) is 25.7 Å². The molecule has 1 fully saturated rings. The summed E-state index contributed by atoms with van der Waals surface area (Å²) in [6.07, 6.45) is 4.36. The molecule has 0 saturated heterocycles. The van der Waals surface area contributed by atoms with Gasteiger partial charge in [0.1, 0.15) is 0 Å². The highest BCUT2D eigenvalue weighted by molar-refractivity contribution is 5.77. The number of nitrogens with two attached hydrogens (primary N) is 1. The summed E-state index contributed by atoms with van der Waals surface area (Å²) in [4.78, 5) is 13.3. The van der Waals surface area contributed by atoms with Crippen LogP contribution in [-0.4, -0.2) is 43.0 Å². The Hall–Kier alpha value is -0.610. The van der Waals surface area contributed by atoms with Crippen molar-refractivity contribution in [3.05, 3.63) is 0 Å². The van der Waals surface area contributed by atoms with Gasteiger partial charge in [-0.05, 0) is 32.6 Å². The monoisotopic (exact) mass is 213 g/mol. The van der Waals surface area contributed by atoms with Crippen molar-refractivity contribution in [1.29, 1.82) is 0 Å². The highest BCUT2D eigenvalue weighted by Gasteiger charge is 2.18. The minimum atomic E-state index is 0.173. The molecular weight excluding hydrogens is 190 g/mol. The van der Waals surface area contributed by atoms with E-state index in [2.05, 4.69) is 5.32 Å². The molecular formula is C11H23N3O. The minimum Gasteiger partial charge on any atom is -0.345 e. The molecule has 0 aliphatic heterocycles. The second kappa shape index (κ2) is 6.08. The van der Waals surface area contributed by atoms with Gasteiger partial charge in [-0.2, -0.15) is 0 Å². The van der Waals surface area contributed by atoms with E-state index in [0.29, 0.717) is 18.6 Å². The highest BCUT2D eigenvalue weighted by atomic mass is 16.2. The van der Waals surface area contributed by atoms with E-state index < -0.39 is 0 Å². The topological polar surface area (TPSA) is 58.4 Å². The summed E-state index contributed by atoms with van der Waals surface area (Å²) in [5.41, 5.74) is 5.82. The maximum absolute atomic E-state index is 11.5. The lowest BCUT2D eigenvalue weighted by Crippen LogP contribution is -2.43. The molecule has 1 amide bonds. The summed E-state index contributed by atoms with van der Waals surface area (Å²) >= 11 is 0. The van der Waals surface area contributed by atoms with Crippen LogP contribution in [0.15, 0.2) is 0 Å². The molecule has 0 spiro atoms. The minimum absolute atomic E-state index is 0.173. The van der Waals surface area contributed by atoms with Crippen LogP contribution in [-0.2, 0) is 4.79 Å². The lowest BCUT2D eigenvalue weighted by Gasteiger charge is -2.27. The van der Waals surface area contributed by atoms with Gasteiger partial charge in [-0.15, -0.1) is 0 Å². The van der Waals surface area contributed by atoms with Crippen molar-refractivity contribution in [3.8, 4) is 0 Å². The lowest BCUT2D eigenvalue weighted by atomic mass is 9.92. The van der Waals surface area contributed by atoms with E-state index in [9.17, 15) is 4.79 Å². The highest BCUT2D eigenvalue weighted by Crippen LogP contribution is 2.16. The molecule has 1 aliphatic rings. The van der Waals surface area contributed by atoms with Crippen molar-refractivity contribution in [2.45, 2.75) is 44.7 Å². The maximum Gasteiger partial charge on any atom is 0.236 e. The second-order valence-electron chi connectivity index (χ2n) is 4.40. The van der Waals surface area contributed by atoms with E-state index in [4.69, 9.17) is 5.73 Å². The molecule has 1 rings (SSSR count). The zero-order chi connectivity index (χ0) is 11.3. The number of likely N-dealkylation sites (N-methyl/N-ethyl adjacent to an activating group) is 1. The second-order valence-corrected chi connectivity index (χ2v) is 4.40. The molecule has 1 aliphatic carbocycles. The fourth-order valence-corrected chi connectivity index (χ4v) is 1.87. The summed E-state index contributed by atoms with van der Waals surface area (Å²) in [5, 5.41) is 3.31. The Morgan fingerprint density at radius 2 is 2.00 bits per heavy atom. The van der Waals surface area contributed by atoms with Gasteiger partial charge in [0.2, 0.25) is 5.91 Å². The van der Waals surface area contributed by atoms with Gasteiger partial charge in [0.15, 0.2) is 0 Å². The lowest BCUT2D eigenvalue weighted by molar-refractivity contribution is -0.128. The average Bonchev–Trinajstić information content (AvgIpc) is 2.26. The number of carbonyl (C=O) groups excluding carboxylic acids is 1. The normalized spacial score (nSPS) is 26.3. The van der Waals surface area contributed by atoms with Crippen molar-refractivity contribution >= 4 is 5.91 Å². The van der Waals surface area contributed by atoms with E-state index in [1.165, 1.54) is 0 Å². The van der Waals surface area contributed by atoms with Gasteiger partial charge in [-0.1, -0.05) is 0 Å². The van der Waals surface area contributed by atoms with E-state index in [1.807, 2.05) is 14.0 Å². The summed E-state index contributed by atoms with van der Waals surface area (Å²) in [5.74, 6) is 0.173. The van der Waals surface area contributed by atoms with Gasteiger partial charge in [0.25, 0.3) is 0 Å². The smallest absolute Gasteiger partial charge is 0.236 e. The van der Waals surface area contributed by atoms with E-state index >= 15 is 0 Å². The Labute approximate surface area is 92.2 Å². The molecule has 15 heavy (non-hydrogen) atoms. The standard InChI is InChI=1S/C11H23N3O/c1-3-14(2)11(15)8-13-10-6-4-9(12)5-7-10/h9-10,13H,3-8,12H2,1-2H3. The molecule has 0 aromatic rings. The van der Waals surface area contributed by atoms with E-state index in [-0.39, 0.29) is 5.91 Å². The maximum atomic E-state index is 11.5. The van der Waals surface area contributed by atoms with E-state index in [0.717, 1.165) is 32.2 Å². The summed E-state index contributed by atoms with van der Waals surface area (Å²) < 4.78 is 0. The zero-order valence-electron chi connectivity index (χ0n) is 9.83. The molecule has 1 saturated carbocycles. The Morgan fingerprint density at radius 3 is 2.53 bits per heavy atom. The van der Waals surface area contributed by atoms with Crippen LogP contribution in [0.5, 0.6) is 0 Å². The molecule has 4 heteroatoms. The van der Waals surface area contributed by atoms with Crippen LogP contribution in [0.2, 0.25) is 0 Å². The molecule has 0 bridgehead atoms. The average molecular weight is 213 g/mol. The molecule has 0 aromatic carbocycles. The number of carbonyl (C=O) groups is 1. The summed E-state index contributed by atoms with van der Waals surface area (Å²) in [7, 11) is 1.83. The SMILES string of the molecule is CCN(C)C(=O)CNC1CCC(N)CC1. The number of nitrogens with zero attached hydrogens (tertiary/aromatic N) is 1. The number of hydrogen-bond acceptors (Lipinski definition) is 3. The van der Waals surface area contributed by atoms with Gasteiger partial charge in [-0.3, -0.25) is 4.79 Å².